The molecule has 1 saturated heterocycles. The molecule has 1 amide bonds. The maximum absolute atomic E-state index is 12.4. The summed E-state index contributed by atoms with van der Waals surface area (Å²) in [5, 5.41) is 10.3. The zero-order chi connectivity index (χ0) is 15.4. The molecule has 1 aromatic carbocycles. The predicted octanol–water partition coefficient (Wildman–Crippen LogP) is 1.70. The summed E-state index contributed by atoms with van der Waals surface area (Å²) in [7, 11) is 0. The van der Waals surface area contributed by atoms with Gasteiger partial charge in [0.2, 0.25) is 5.91 Å². The number of amides is 1. The summed E-state index contributed by atoms with van der Waals surface area (Å²) in [4.78, 5) is 18.7. The van der Waals surface area contributed by atoms with Gasteiger partial charge in [-0.25, -0.2) is 4.98 Å². The van der Waals surface area contributed by atoms with Crippen molar-refractivity contribution < 1.29 is 14.6 Å². The van der Waals surface area contributed by atoms with Crippen LogP contribution in [0.3, 0.4) is 0 Å². The lowest BCUT2D eigenvalue weighted by Gasteiger charge is -2.22. The second-order valence-electron chi connectivity index (χ2n) is 5.54. The van der Waals surface area contributed by atoms with Crippen molar-refractivity contribution in [3.63, 3.8) is 0 Å². The van der Waals surface area contributed by atoms with E-state index in [1.807, 2.05) is 18.2 Å². The first kappa shape index (κ1) is 15.4. The van der Waals surface area contributed by atoms with Gasteiger partial charge >= 0.3 is 0 Å². The van der Waals surface area contributed by atoms with Crippen LogP contribution in [0.4, 0.5) is 0 Å². The van der Waals surface area contributed by atoms with Crippen molar-refractivity contribution in [2.24, 2.45) is 5.92 Å². The maximum atomic E-state index is 12.4. The number of aliphatic hydroxyl groups is 1. The number of para-hydroxylation sites is 1. The number of ether oxygens (including phenoxy) is 1. The Bertz CT molecular complexity index is 610. The van der Waals surface area contributed by atoms with Crippen LogP contribution in [0.2, 0.25) is 0 Å². The fraction of sp³-hybridized carbons (Fsp3) is 0.500. The molecule has 2 heterocycles. The normalized spacial score (nSPS) is 19.3. The van der Waals surface area contributed by atoms with Crippen LogP contribution in [0.5, 0.6) is 0 Å². The fourth-order valence-corrected chi connectivity index (χ4v) is 3.58. The summed E-state index contributed by atoms with van der Waals surface area (Å²) in [6.07, 6.45) is 1.12. The number of nitrogens with zero attached hydrogens (tertiary/aromatic N) is 2. The van der Waals surface area contributed by atoms with E-state index in [0.717, 1.165) is 15.2 Å². The SMILES string of the molecule is O=C(CCc1nc2ccccc2s1)N1CCOC[C@H](CO)C1. The third-order valence-corrected chi connectivity index (χ3v) is 4.94. The van der Waals surface area contributed by atoms with Crippen LogP contribution >= 0.6 is 11.3 Å². The van der Waals surface area contributed by atoms with Crippen molar-refractivity contribution in [1.29, 1.82) is 0 Å². The molecule has 1 N–H and O–H groups in total. The van der Waals surface area contributed by atoms with Gasteiger partial charge in [-0.3, -0.25) is 4.79 Å². The van der Waals surface area contributed by atoms with E-state index in [0.29, 0.717) is 39.1 Å². The molecule has 0 unspecified atom stereocenters. The van der Waals surface area contributed by atoms with E-state index >= 15 is 0 Å². The smallest absolute Gasteiger partial charge is 0.223 e. The van der Waals surface area contributed by atoms with Gasteiger partial charge in [-0.1, -0.05) is 12.1 Å². The largest absolute Gasteiger partial charge is 0.396 e. The molecule has 0 spiro atoms. The lowest BCUT2D eigenvalue weighted by molar-refractivity contribution is -0.131. The molecule has 1 atom stereocenters. The highest BCUT2D eigenvalue weighted by Gasteiger charge is 2.22. The van der Waals surface area contributed by atoms with Crippen LogP contribution in [-0.4, -0.2) is 53.8 Å². The van der Waals surface area contributed by atoms with E-state index in [2.05, 4.69) is 11.1 Å². The van der Waals surface area contributed by atoms with Gasteiger partial charge in [-0.2, -0.15) is 0 Å². The van der Waals surface area contributed by atoms with E-state index < -0.39 is 0 Å². The predicted molar refractivity (Wildman–Crippen MR) is 85.9 cm³/mol. The van der Waals surface area contributed by atoms with Crippen molar-refractivity contribution in [1.82, 2.24) is 9.88 Å². The minimum atomic E-state index is 0.0221. The van der Waals surface area contributed by atoms with Gasteiger partial charge in [0.15, 0.2) is 0 Å². The highest BCUT2D eigenvalue weighted by Crippen LogP contribution is 2.22. The Morgan fingerprint density at radius 2 is 2.32 bits per heavy atom. The molecule has 0 bridgehead atoms. The first-order valence-corrected chi connectivity index (χ1v) is 8.38. The molecule has 0 radical (unpaired) electrons. The van der Waals surface area contributed by atoms with E-state index in [4.69, 9.17) is 4.74 Å². The number of aliphatic hydroxyl groups excluding tert-OH is 1. The molecule has 118 valence electrons. The molecular formula is C16H20N2O3S. The molecule has 1 aliphatic heterocycles. The van der Waals surface area contributed by atoms with Crippen molar-refractivity contribution >= 4 is 27.5 Å². The Hall–Kier alpha value is -1.50. The van der Waals surface area contributed by atoms with E-state index in [9.17, 15) is 9.90 Å². The number of rotatable bonds is 4. The number of hydrogen-bond donors (Lipinski definition) is 1. The second-order valence-corrected chi connectivity index (χ2v) is 6.65. The van der Waals surface area contributed by atoms with E-state index in [-0.39, 0.29) is 18.4 Å². The summed E-state index contributed by atoms with van der Waals surface area (Å²) in [5.74, 6) is 0.136. The number of thiazole rings is 1. The van der Waals surface area contributed by atoms with E-state index in [1.54, 1.807) is 16.2 Å². The number of aryl methyl sites for hydroxylation is 1. The number of hydrogen-bond acceptors (Lipinski definition) is 5. The average molecular weight is 320 g/mol. The first-order chi connectivity index (χ1) is 10.8. The molecule has 0 saturated carbocycles. The zero-order valence-electron chi connectivity index (χ0n) is 12.4. The lowest BCUT2D eigenvalue weighted by atomic mass is 10.1. The number of carbonyl (C=O) groups excluding carboxylic acids is 1. The maximum Gasteiger partial charge on any atom is 0.223 e. The van der Waals surface area contributed by atoms with Crippen LogP contribution in [0, 0.1) is 5.92 Å². The van der Waals surface area contributed by atoms with Crippen LogP contribution < -0.4 is 0 Å². The van der Waals surface area contributed by atoms with Gasteiger partial charge in [-0.05, 0) is 12.1 Å². The lowest BCUT2D eigenvalue weighted by Crippen LogP contribution is -2.36. The minimum absolute atomic E-state index is 0.0221. The molecule has 0 aliphatic carbocycles. The zero-order valence-corrected chi connectivity index (χ0v) is 13.2. The standard InChI is InChI=1S/C16H20N2O3S/c19-10-12-9-18(7-8-21-11-12)16(20)6-5-15-17-13-3-1-2-4-14(13)22-15/h1-4,12,19H,5-11H2/t12-/m0/s1. The monoisotopic (exact) mass is 320 g/mol. The van der Waals surface area contributed by atoms with E-state index in [1.165, 1.54) is 0 Å². The Morgan fingerprint density at radius 1 is 1.45 bits per heavy atom. The van der Waals surface area contributed by atoms with Gasteiger partial charge in [-0.15, -0.1) is 11.3 Å². The Kier molecular flexibility index (Phi) is 5.02. The number of fused-ring (bicyclic) bond motifs is 1. The number of aromatic nitrogens is 1. The van der Waals surface area contributed by atoms with Crippen molar-refractivity contribution in [3.05, 3.63) is 29.3 Å². The van der Waals surface area contributed by atoms with Crippen LogP contribution in [0.25, 0.3) is 10.2 Å². The quantitative estimate of drug-likeness (QED) is 0.931. The molecule has 1 fully saturated rings. The average Bonchev–Trinajstić information content (AvgIpc) is 2.80. The minimum Gasteiger partial charge on any atom is -0.396 e. The highest BCUT2D eigenvalue weighted by molar-refractivity contribution is 7.18. The summed E-state index contributed by atoms with van der Waals surface area (Å²) in [6.45, 7) is 2.31. The van der Waals surface area contributed by atoms with Crippen molar-refractivity contribution in [3.8, 4) is 0 Å². The van der Waals surface area contributed by atoms with Gasteiger partial charge < -0.3 is 14.7 Å². The Labute approximate surface area is 133 Å². The van der Waals surface area contributed by atoms with Gasteiger partial charge in [0, 0.05) is 38.5 Å². The highest BCUT2D eigenvalue weighted by atomic mass is 32.1. The molecule has 1 aromatic heterocycles. The van der Waals surface area contributed by atoms with Gasteiger partial charge in [0.25, 0.3) is 0 Å². The summed E-state index contributed by atoms with van der Waals surface area (Å²) in [5.41, 5.74) is 0.999. The molecule has 5 nitrogen and oxygen atoms in total. The third kappa shape index (κ3) is 3.63. The summed E-state index contributed by atoms with van der Waals surface area (Å²) >= 11 is 1.65. The molecular weight excluding hydrogens is 300 g/mol. The van der Waals surface area contributed by atoms with Gasteiger partial charge in [0.1, 0.15) is 0 Å². The van der Waals surface area contributed by atoms with Crippen molar-refractivity contribution in [2.45, 2.75) is 12.8 Å². The molecule has 3 rings (SSSR count). The molecule has 2 aromatic rings. The van der Waals surface area contributed by atoms with Crippen molar-refractivity contribution in [2.75, 3.05) is 32.9 Å². The summed E-state index contributed by atoms with van der Waals surface area (Å²) in [6, 6.07) is 8.02. The fourth-order valence-electron chi connectivity index (χ4n) is 2.62. The Balaban J connectivity index is 1.59. The molecule has 22 heavy (non-hydrogen) atoms. The molecule has 6 heteroatoms. The van der Waals surface area contributed by atoms with Gasteiger partial charge in [0.05, 0.1) is 28.4 Å². The summed E-state index contributed by atoms with van der Waals surface area (Å²) < 4.78 is 6.58. The number of carbonyl (C=O) groups is 1. The first-order valence-electron chi connectivity index (χ1n) is 7.57. The second kappa shape index (κ2) is 7.17. The van der Waals surface area contributed by atoms with Crippen LogP contribution in [0.1, 0.15) is 11.4 Å². The number of benzene rings is 1. The van der Waals surface area contributed by atoms with Crippen LogP contribution in [0.15, 0.2) is 24.3 Å². The molecule has 1 aliphatic rings. The third-order valence-electron chi connectivity index (χ3n) is 3.84. The Morgan fingerprint density at radius 3 is 3.14 bits per heavy atom. The van der Waals surface area contributed by atoms with Crippen LogP contribution in [-0.2, 0) is 16.0 Å². The topological polar surface area (TPSA) is 62.7 Å².